The molecule has 1 unspecified atom stereocenters. The summed E-state index contributed by atoms with van der Waals surface area (Å²) in [4.78, 5) is 38.4. The minimum absolute atomic E-state index is 0.836. The van der Waals surface area contributed by atoms with E-state index in [2.05, 4.69) is 16.0 Å². The van der Waals surface area contributed by atoms with Gasteiger partial charge in [0.05, 0.1) is 51.8 Å². The van der Waals surface area contributed by atoms with Gasteiger partial charge in [-0.05, 0) is 13.8 Å². The van der Waals surface area contributed by atoms with Crippen molar-refractivity contribution in [2.24, 2.45) is 0 Å². The van der Waals surface area contributed by atoms with Gasteiger partial charge in [-0.3, -0.25) is 14.4 Å². The molecule has 8 aliphatic heterocycles. The minimum atomic E-state index is -2.38. The van der Waals surface area contributed by atoms with E-state index in [4.69, 9.17) is 71.1 Å². The first-order valence-corrected chi connectivity index (χ1v) is 30.8. The molecule has 556 valence electrons. The number of hydrogen-bond donors (Lipinski definition) is 24. The number of aliphatic hydroxyl groups is 21. The number of nitrogens with one attached hydrogen (secondary N) is 3. The predicted octanol–water partition coefficient (Wildman–Crippen LogP) is -16.0. The Hall–Kier alpha value is -3.03. The third-order valence-electron chi connectivity index (χ3n) is 17.8. The van der Waals surface area contributed by atoms with Crippen molar-refractivity contribution in [3.05, 3.63) is 0 Å². The number of hydrogen-bond acceptors (Lipinski definition) is 39. The zero-order valence-electron chi connectivity index (χ0n) is 52.1. The Bertz CT molecular complexity index is 2480. The third kappa shape index (κ3) is 17.0. The Labute approximate surface area is 545 Å². The van der Waals surface area contributed by atoms with E-state index in [-0.39, 0.29) is 0 Å². The summed E-state index contributed by atoms with van der Waals surface area (Å²) >= 11 is 0. The van der Waals surface area contributed by atoms with Gasteiger partial charge in [-0.2, -0.15) is 0 Å². The fraction of sp³-hybridized carbons (Fsp3) is 0.944. The van der Waals surface area contributed by atoms with Crippen molar-refractivity contribution in [1.82, 2.24) is 16.0 Å². The summed E-state index contributed by atoms with van der Waals surface area (Å²) in [5.41, 5.74) is 0. The normalized spacial score (nSPS) is 50.3. The summed E-state index contributed by atoms with van der Waals surface area (Å²) < 4.78 is 88.0. The van der Waals surface area contributed by atoms with Crippen LogP contribution in [-0.2, 0) is 85.4 Å². The highest BCUT2D eigenvalue weighted by molar-refractivity contribution is 5.74. The van der Waals surface area contributed by atoms with E-state index in [0.29, 0.717) is 0 Å². The van der Waals surface area contributed by atoms with Gasteiger partial charge in [0.1, 0.15) is 183 Å². The molecule has 8 heterocycles. The second-order valence-electron chi connectivity index (χ2n) is 24.6. The molecule has 96 heavy (non-hydrogen) atoms. The van der Waals surface area contributed by atoms with E-state index in [9.17, 15) is 122 Å². The Balaban J connectivity index is 1.08. The molecule has 0 saturated carbocycles. The van der Waals surface area contributed by atoms with Crippen LogP contribution in [0, 0.1) is 0 Å². The van der Waals surface area contributed by atoms with Gasteiger partial charge in [-0.25, -0.2) is 0 Å². The fourth-order valence-corrected chi connectivity index (χ4v) is 12.4. The first-order valence-electron chi connectivity index (χ1n) is 30.8. The quantitative estimate of drug-likeness (QED) is 0.0452. The molecular weight excluding hydrogens is 1310 g/mol. The lowest BCUT2D eigenvalue weighted by molar-refractivity contribution is -0.392. The number of ether oxygens (including phenoxy) is 15. The van der Waals surface area contributed by atoms with Crippen LogP contribution in [0.5, 0.6) is 0 Å². The topological polar surface area (TPSA) is 651 Å². The molecule has 42 heteroatoms. The van der Waals surface area contributed by atoms with Crippen molar-refractivity contribution in [3.8, 4) is 0 Å². The summed E-state index contributed by atoms with van der Waals surface area (Å²) in [5, 5.41) is 238. The van der Waals surface area contributed by atoms with Crippen LogP contribution in [0.15, 0.2) is 0 Å². The van der Waals surface area contributed by atoms with Gasteiger partial charge in [0.25, 0.3) is 0 Å². The SMILES string of the molecule is CC(=O)N[C@H]1[C@H](OC[C@H]2O[C@@H](O[C@H]3[C@@H](O)[C@@H](CO)OC(O)[C@@H]3NC(C)=O)[C@H](O)[C@@H](O[C@@H]3O[C@H](CO)[C@@H](O[C@@H]4O[C@H](CO)[C@H](O)[C@H](O)[C@H]4O[C@@H]4O[C@@H](C)[C@@H](O)[C@@H](O)[C@@H]4O)[C@H](O)[C@H]3NC(C)=O)[C@H]2O)O[C@H](CO)[C@@H](O[C@@H]2O[C@H](CO)[C@H](O)[C@H](O)[C@H]2O[C@@H]2O[C@@H](C)[C@@H](O)[C@@H](O)[C@@H]2O)[C@@H]1O. The number of amides is 3. The first kappa shape index (κ1) is 78.7. The summed E-state index contributed by atoms with van der Waals surface area (Å²) in [6, 6.07) is -5.49. The van der Waals surface area contributed by atoms with Crippen LogP contribution < -0.4 is 16.0 Å². The van der Waals surface area contributed by atoms with Crippen LogP contribution in [0.3, 0.4) is 0 Å². The van der Waals surface area contributed by atoms with Crippen LogP contribution in [0.2, 0.25) is 0 Å². The van der Waals surface area contributed by atoms with Crippen LogP contribution >= 0.6 is 0 Å². The van der Waals surface area contributed by atoms with Crippen molar-refractivity contribution in [1.29, 1.82) is 0 Å². The largest absolute Gasteiger partial charge is 0.394 e. The van der Waals surface area contributed by atoms with E-state index in [1.807, 2.05) is 0 Å². The molecule has 0 aromatic rings. The van der Waals surface area contributed by atoms with Gasteiger partial charge >= 0.3 is 0 Å². The predicted molar refractivity (Wildman–Crippen MR) is 296 cm³/mol. The van der Waals surface area contributed by atoms with Crippen LogP contribution in [0.1, 0.15) is 34.6 Å². The monoisotopic (exact) mass is 1410 g/mol. The van der Waals surface area contributed by atoms with Gasteiger partial charge in [0, 0.05) is 20.8 Å². The lowest BCUT2D eigenvalue weighted by Gasteiger charge is -2.51. The highest BCUT2D eigenvalue weighted by Crippen LogP contribution is 2.39. The first-order chi connectivity index (χ1) is 45.3. The number of rotatable bonds is 23. The number of carbonyl (C=O) groups is 3. The molecule has 24 N–H and O–H groups in total. The Morgan fingerprint density at radius 2 is 0.625 bits per heavy atom. The zero-order chi connectivity index (χ0) is 70.8. The van der Waals surface area contributed by atoms with Gasteiger partial charge in [-0.15, -0.1) is 0 Å². The maximum absolute atomic E-state index is 13.0. The van der Waals surface area contributed by atoms with E-state index >= 15 is 0 Å². The maximum atomic E-state index is 13.0. The molecule has 8 fully saturated rings. The average Bonchev–Trinajstić information content (AvgIpc) is 0.775. The Morgan fingerprint density at radius 3 is 1.05 bits per heavy atom. The van der Waals surface area contributed by atoms with E-state index in [0.717, 1.165) is 20.8 Å². The molecule has 3 amide bonds. The number of carbonyl (C=O) groups excluding carboxylic acids is 3. The van der Waals surface area contributed by atoms with Gasteiger partial charge < -0.3 is 194 Å². The van der Waals surface area contributed by atoms with Gasteiger partial charge in [-0.1, -0.05) is 0 Å². The molecular formula is C54H91N3O39. The molecule has 0 bridgehead atoms. The maximum Gasteiger partial charge on any atom is 0.217 e. The van der Waals surface area contributed by atoms with E-state index < -0.39 is 303 Å². The van der Waals surface area contributed by atoms with Crippen molar-refractivity contribution in [2.45, 2.75) is 280 Å². The lowest BCUT2D eigenvalue weighted by Crippen LogP contribution is -2.70. The molecule has 8 aliphatic rings. The van der Waals surface area contributed by atoms with Crippen molar-refractivity contribution in [2.75, 3.05) is 39.6 Å². The standard InChI is InChI=1S/C54H91N3O39/c1-12-26(66)34(74)38(78)50(83-12)95-45-36(76)28(68)17(6-58)86-53(45)91-41-20(9-61)88-48(23(32(41)72)55-14(3)63)82-11-22-31(71)44(40(80)52(90-22)93-43-25(57-16(5)65)47(81)85-19(8-60)30(43)70)94-49-24(56-15(4)64)33(73)42(21(10-62)89-49)92-54-46(37(77)29(69)18(7-59)87-54)96-51-39(79)35(75)27(67)13(2)84-51/h12-13,17-54,58-62,66-81H,6-11H2,1-5H3,(H,55,63)(H,56,64)(H,57,65)/t12-,13-,17+,18+,19+,20+,21+,22+,23+,24+,25+,26+,27+,28-,29-,30-,31-,32+,33+,34+,35+,36-,37-,38-,39-,40+,41+,42+,43+,44-,45+,46+,47?,48+,49-,50-,51-,52-,53-,54-/m0/s1. The summed E-state index contributed by atoms with van der Waals surface area (Å²) in [7, 11) is 0. The van der Waals surface area contributed by atoms with Gasteiger partial charge in [0.2, 0.25) is 17.7 Å². The summed E-state index contributed by atoms with van der Waals surface area (Å²) in [6.07, 6.45) is -71.2. The fourth-order valence-electron chi connectivity index (χ4n) is 12.4. The Kier molecular flexibility index (Phi) is 27.7. The van der Waals surface area contributed by atoms with E-state index in [1.54, 1.807) is 0 Å². The smallest absolute Gasteiger partial charge is 0.217 e. The van der Waals surface area contributed by atoms with Crippen LogP contribution in [0.25, 0.3) is 0 Å². The number of aliphatic hydroxyl groups excluding tert-OH is 21. The second-order valence-corrected chi connectivity index (χ2v) is 24.6. The van der Waals surface area contributed by atoms with Crippen molar-refractivity contribution in [3.63, 3.8) is 0 Å². The van der Waals surface area contributed by atoms with Crippen molar-refractivity contribution >= 4 is 17.7 Å². The van der Waals surface area contributed by atoms with E-state index in [1.165, 1.54) is 13.8 Å². The minimum Gasteiger partial charge on any atom is -0.394 e. The zero-order valence-corrected chi connectivity index (χ0v) is 52.1. The second kappa shape index (κ2) is 33.8. The summed E-state index contributed by atoms with van der Waals surface area (Å²) in [5.74, 6) is -2.66. The molecule has 0 radical (unpaired) electrons. The highest BCUT2D eigenvalue weighted by Gasteiger charge is 2.60. The van der Waals surface area contributed by atoms with Gasteiger partial charge in [0.15, 0.2) is 50.3 Å². The van der Waals surface area contributed by atoms with Crippen LogP contribution in [-0.4, -0.2) is 410 Å². The Morgan fingerprint density at radius 1 is 0.292 bits per heavy atom. The van der Waals surface area contributed by atoms with Crippen LogP contribution in [0.4, 0.5) is 0 Å². The average molecular weight is 1410 g/mol. The molecule has 0 aliphatic carbocycles. The molecule has 0 aromatic carbocycles. The third-order valence-corrected chi connectivity index (χ3v) is 17.8. The molecule has 40 atom stereocenters. The molecule has 42 nitrogen and oxygen atoms in total. The highest BCUT2D eigenvalue weighted by atomic mass is 16.8. The summed E-state index contributed by atoms with van der Waals surface area (Å²) in [6.45, 7) is -0.663. The molecule has 8 saturated heterocycles. The van der Waals surface area contributed by atoms with Crippen molar-refractivity contribution < 1.29 is 193 Å². The lowest BCUT2D eigenvalue weighted by atomic mass is 9.94. The molecule has 0 aromatic heterocycles. The molecule has 8 rings (SSSR count). The molecule has 0 spiro atoms.